The normalized spacial score (nSPS) is 26.8. The van der Waals surface area contributed by atoms with Crippen molar-refractivity contribution in [2.24, 2.45) is 0 Å². The number of hydrogen-bond acceptors (Lipinski definition) is 4. The molecule has 19 heavy (non-hydrogen) atoms. The topological polar surface area (TPSA) is 53.6 Å². The highest BCUT2D eigenvalue weighted by Gasteiger charge is 2.26. The fourth-order valence-electron chi connectivity index (χ4n) is 2.71. The van der Waals surface area contributed by atoms with E-state index in [2.05, 4.69) is 23.6 Å². The molecule has 2 unspecified atom stereocenters. The van der Waals surface area contributed by atoms with Crippen LogP contribution in [-0.4, -0.2) is 38.7 Å². The molecule has 2 aliphatic heterocycles. The van der Waals surface area contributed by atoms with Crippen LogP contribution in [0, 0.1) is 0 Å². The van der Waals surface area contributed by atoms with Gasteiger partial charge in [0.05, 0.1) is 5.69 Å². The summed E-state index contributed by atoms with van der Waals surface area (Å²) in [6.07, 6.45) is 0. The number of hydrogen-bond donors (Lipinski definition) is 2. The lowest BCUT2D eigenvalue weighted by molar-refractivity contribution is -0.120. The van der Waals surface area contributed by atoms with Crippen molar-refractivity contribution in [1.29, 1.82) is 0 Å². The molecule has 102 valence electrons. The average Bonchev–Trinajstić information content (AvgIpc) is 2.43. The van der Waals surface area contributed by atoms with Gasteiger partial charge in [0.1, 0.15) is 5.75 Å². The van der Waals surface area contributed by atoms with Crippen LogP contribution >= 0.6 is 0 Å². The molecule has 2 aliphatic rings. The van der Waals surface area contributed by atoms with Gasteiger partial charge in [-0.1, -0.05) is 6.07 Å². The van der Waals surface area contributed by atoms with Gasteiger partial charge >= 0.3 is 0 Å². The van der Waals surface area contributed by atoms with Crippen LogP contribution < -0.4 is 20.3 Å². The van der Waals surface area contributed by atoms with Gasteiger partial charge in [0.2, 0.25) is 0 Å². The first-order valence-electron chi connectivity index (χ1n) is 6.67. The largest absolute Gasteiger partial charge is 0.482 e. The van der Waals surface area contributed by atoms with Gasteiger partial charge in [-0.3, -0.25) is 4.79 Å². The fraction of sp³-hybridized carbons (Fsp3) is 0.500. The maximum atomic E-state index is 11.7. The van der Waals surface area contributed by atoms with Gasteiger partial charge in [-0.15, -0.1) is 0 Å². The van der Waals surface area contributed by atoms with Gasteiger partial charge < -0.3 is 20.3 Å². The predicted molar refractivity (Wildman–Crippen MR) is 73.6 cm³/mol. The van der Waals surface area contributed by atoms with E-state index in [1.165, 1.54) is 5.56 Å². The third kappa shape index (κ3) is 2.19. The molecule has 0 saturated carbocycles. The second-order valence-electron chi connectivity index (χ2n) is 5.14. The molecular formula is C14H19N3O2. The summed E-state index contributed by atoms with van der Waals surface area (Å²) in [5.41, 5.74) is 2.04. The first-order valence-corrected chi connectivity index (χ1v) is 6.67. The SMILES string of the molecule is CC1NCCNC1c1ccc2c(c1)N(C)C(=O)CO2. The van der Waals surface area contributed by atoms with Crippen molar-refractivity contribution in [3.8, 4) is 5.75 Å². The molecule has 0 radical (unpaired) electrons. The molecule has 2 N–H and O–H groups in total. The molecule has 0 bridgehead atoms. The minimum Gasteiger partial charge on any atom is -0.482 e. The van der Waals surface area contributed by atoms with Crippen molar-refractivity contribution >= 4 is 11.6 Å². The molecule has 3 rings (SSSR count). The second kappa shape index (κ2) is 4.83. The minimum absolute atomic E-state index is 0.00701. The van der Waals surface area contributed by atoms with Crippen molar-refractivity contribution in [2.45, 2.75) is 19.0 Å². The lowest BCUT2D eigenvalue weighted by Gasteiger charge is -2.33. The van der Waals surface area contributed by atoms with Crippen LogP contribution in [0.25, 0.3) is 0 Å². The number of nitrogens with zero attached hydrogens (tertiary/aromatic N) is 1. The number of piperazine rings is 1. The monoisotopic (exact) mass is 261 g/mol. The van der Waals surface area contributed by atoms with Gasteiger partial charge in [-0.05, 0) is 24.6 Å². The number of ether oxygens (including phenoxy) is 1. The molecule has 5 nitrogen and oxygen atoms in total. The number of benzene rings is 1. The number of likely N-dealkylation sites (N-methyl/N-ethyl adjacent to an activating group) is 1. The summed E-state index contributed by atoms with van der Waals surface area (Å²) >= 11 is 0. The highest BCUT2D eigenvalue weighted by molar-refractivity contribution is 5.97. The van der Waals surface area contributed by atoms with E-state index in [9.17, 15) is 4.79 Å². The first kappa shape index (κ1) is 12.4. The van der Waals surface area contributed by atoms with E-state index in [1.807, 2.05) is 12.1 Å². The molecular weight excluding hydrogens is 242 g/mol. The van der Waals surface area contributed by atoms with E-state index >= 15 is 0 Å². The Morgan fingerprint density at radius 1 is 1.32 bits per heavy atom. The predicted octanol–water partition coefficient (Wildman–Crippen LogP) is 0.664. The van der Waals surface area contributed by atoms with E-state index in [1.54, 1.807) is 11.9 Å². The van der Waals surface area contributed by atoms with Crippen molar-refractivity contribution < 1.29 is 9.53 Å². The number of amides is 1. The van der Waals surface area contributed by atoms with Crippen molar-refractivity contribution in [3.63, 3.8) is 0 Å². The van der Waals surface area contributed by atoms with Crippen LogP contribution in [0.2, 0.25) is 0 Å². The van der Waals surface area contributed by atoms with Crippen molar-refractivity contribution in [3.05, 3.63) is 23.8 Å². The molecule has 1 aromatic carbocycles. The number of carbonyl (C=O) groups is 1. The number of fused-ring (bicyclic) bond motifs is 1. The maximum Gasteiger partial charge on any atom is 0.264 e. The van der Waals surface area contributed by atoms with E-state index < -0.39 is 0 Å². The zero-order valence-electron chi connectivity index (χ0n) is 11.3. The molecule has 0 spiro atoms. The molecule has 2 heterocycles. The van der Waals surface area contributed by atoms with Crippen LogP contribution in [-0.2, 0) is 4.79 Å². The van der Waals surface area contributed by atoms with E-state index in [4.69, 9.17) is 4.74 Å². The summed E-state index contributed by atoms with van der Waals surface area (Å²) in [7, 11) is 1.80. The van der Waals surface area contributed by atoms with Gasteiger partial charge in [-0.2, -0.15) is 0 Å². The number of anilines is 1. The van der Waals surface area contributed by atoms with Crippen LogP contribution in [0.15, 0.2) is 18.2 Å². The molecule has 0 aliphatic carbocycles. The standard InChI is InChI=1S/C14H19N3O2/c1-9-14(16-6-5-15-9)10-3-4-12-11(7-10)17(2)13(18)8-19-12/h3-4,7,9,14-16H,5-6,8H2,1-2H3. The third-order valence-electron chi connectivity index (χ3n) is 3.88. The lowest BCUT2D eigenvalue weighted by atomic mass is 9.97. The fourth-order valence-corrected chi connectivity index (χ4v) is 2.71. The van der Waals surface area contributed by atoms with Crippen LogP contribution in [0.4, 0.5) is 5.69 Å². The number of nitrogens with one attached hydrogen (secondary N) is 2. The maximum absolute atomic E-state index is 11.7. The molecule has 5 heteroatoms. The molecule has 1 aromatic rings. The Morgan fingerprint density at radius 2 is 2.11 bits per heavy atom. The van der Waals surface area contributed by atoms with E-state index in [0.717, 1.165) is 24.5 Å². The Bertz CT molecular complexity index is 503. The minimum atomic E-state index is -0.00701. The van der Waals surface area contributed by atoms with Crippen LogP contribution in [0.5, 0.6) is 5.75 Å². The number of carbonyl (C=O) groups excluding carboxylic acids is 1. The number of rotatable bonds is 1. The van der Waals surface area contributed by atoms with E-state index in [-0.39, 0.29) is 18.6 Å². The zero-order chi connectivity index (χ0) is 13.4. The highest BCUT2D eigenvalue weighted by atomic mass is 16.5. The quantitative estimate of drug-likeness (QED) is 0.780. The molecule has 1 amide bonds. The van der Waals surface area contributed by atoms with Crippen LogP contribution in [0.3, 0.4) is 0 Å². The Labute approximate surface area is 112 Å². The van der Waals surface area contributed by atoms with Gasteiger partial charge in [0, 0.05) is 32.2 Å². The Morgan fingerprint density at radius 3 is 2.89 bits per heavy atom. The summed E-state index contributed by atoms with van der Waals surface area (Å²) < 4.78 is 5.45. The third-order valence-corrected chi connectivity index (χ3v) is 3.88. The summed E-state index contributed by atoms with van der Waals surface area (Å²) in [4.78, 5) is 13.4. The molecule has 2 atom stereocenters. The van der Waals surface area contributed by atoms with Gasteiger partial charge in [0.25, 0.3) is 5.91 Å². The highest BCUT2D eigenvalue weighted by Crippen LogP contribution is 2.34. The van der Waals surface area contributed by atoms with E-state index in [0.29, 0.717) is 6.04 Å². The Kier molecular flexibility index (Phi) is 3.16. The Hall–Kier alpha value is -1.59. The van der Waals surface area contributed by atoms with Gasteiger partial charge in [0.15, 0.2) is 6.61 Å². The molecule has 0 aromatic heterocycles. The zero-order valence-corrected chi connectivity index (χ0v) is 11.3. The Balaban J connectivity index is 1.94. The van der Waals surface area contributed by atoms with Crippen molar-refractivity contribution in [1.82, 2.24) is 10.6 Å². The summed E-state index contributed by atoms with van der Waals surface area (Å²) in [5.74, 6) is 0.773. The summed E-state index contributed by atoms with van der Waals surface area (Å²) in [5, 5.41) is 6.97. The first-order chi connectivity index (χ1) is 9.16. The lowest BCUT2D eigenvalue weighted by Crippen LogP contribution is -2.49. The molecule has 1 fully saturated rings. The van der Waals surface area contributed by atoms with Crippen LogP contribution in [0.1, 0.15) is 18.5 Å². The average molecular weight is 261 g/mol. The van der Waals surface area contributed by atoms with Crippen molar-refractivity contribution in [2.75, 3.05) is 31.6 Å². The summed E-state index contributed by atoms with van der Waals surface area (Å²) in [6.45, 7) is 4.24. The van der Waals surface area contributed by atoms with Gasteiger partial charge in [-0.25, -0.2) is 0 Å². The smallest absolute Gasteiger partial charge is 0.264 e. The second-order valence-corrected chi connectivity index (χ2v) is 5.14. The molecule has 1 saturated heterocycles. The summed E-state index contributed by atoms with van der Waals surface area (Å²) in [6, 6.07) is 6.72.